The maximum Gasteiger partial charge on any atom is 0.0781 e. The molecule has 0 aliphatic heterocycles. The van der Waals surface area contributed by atoms with E-state index in [1.165, 1.54) is 5.56 Å². The lowest BCUT2D eigenvalue weighted by molar-refractivity contribution is 0.199. The summed E-state index contributed by atoms with van der Waals surface area (Å²) in [6.45, 7) is 1.81. The molecule has 2 N–H and O–H groups in total. The third-order valence-corrected chi connectivity index (χ3v) is 4.18. The summed E-state index contributed by atoms with van der Waals surface area (Å²) >= 11 is 0. The van der Waals surface area contributed by atoms with Crippen molar-refractivity contribution in [2.45, 2.75) is 37.8 Å². The van der Waals surface area contributed by atoms with E-state index >= 15 is 0 Å². The second kappa shape index (κ2) is 5.68. The molecule has 0 aromatic heterocycles. The zero-order valence-corrected chi connectivity index (χ0v) is 11.8. The monoisotopic (exact) mass is 267 g/mol. The maximum atomic E-state index is 9.80. The van der Waals surface area contributed by atoms with Crippen molar-refractivity contribution >= 4 is 5.69 Å². The van der Waals surface area contributed by atoms with Crippen LogP contribution in [0.25, 0.3) is 0 Å². The Morgan fingerprint density at radius 2 is 1.65 bits per heavy atom. The van der Waals surface area contributed by atoms with Gasteiger partial charge in [0.15, 0.2) is 0 Å². The van der Waals surface area contributed by atoms with Gasteiger partial charge >= 0.3 is 0 Å². The summed E-state index contributed by atoms with van der Waals surface area (Å²) in [5.41, 5.74) is 3.49. The molecular weight excluding hydrogens is 246 g/mol. The minimum atomic E-state index is -0.427. The van der Waals surface area contributed by atoms with E-state index in [2.05, 4.69) is 41.7 Å². The lowest BCUT2D eigenvalue weighted by Crippen LogP contribution is -2.34. The number of hydrogen-bond acceptors (Lipinski definition) is 2. The topological polar surface area (TPSA) is 32.3 Å². The van der Waals surface area contributed by atoms with Crippen LogP contribution < -0.4 is 5.32 Å². The van der Waals surface area contributed by atoms with Gasteiger partial charge in [-0.1, -0.05) is 48.5 Å². The SMILES string of the molecule is CC(O)c1ccccc1NC1CC(c2ccccc2)C1. The number of rotatable bonds is 4. The van der Waals surface area contributed by atoms with Crippen LogP contribution in [-0.2, 0) is 0 Å². The number of benzene rings is 2. The fourth-order valence-electron chi connectivity index (χ4n) is 2.95. The van der Waals surface area contributed by atoms with Crippen LogP contribution in [0.4, 0.5) is 5.69 Å². The summed E-state index contributed by atoms with van der Waals surface area (Å²) in [6, 6.07) is 19.3. The van der Waals surface area contributed by atoms with Crippen LogP contribution in [0, 0.1) is 0 Å². The summed E-state index contributed by atoms with van der Waals surface area (Å²) in [5.74, 6) is 0.674. The number of nitrogens with one attached hydrogen (secondary N) is 1. The van der Waals surface area contributed by atoms with Crippen molar-refractivity contribution in [3.8, 4) is 0 Å². The number of aliphatic hydroxyl groups excluding tert-OH is 1. The van der Waals surface area contributed by atoms with Crippen molar-refractivity contribution < 1.29 is 5.11 Å². The second-order valence-corrected chi connectivity index (χ2v) is 5.68. The van der Waals surface area contributed by atoms with Gasteiger partial charge in [0.1, 0.15) is 0 Å². The van der Waals surface area contributed by atoms with Gasteiger partial charge in [-0.25, -0.2) is 0 Å². The highest BCUT2D eigenvalue weighted by Crippen LogP contribution is 2.39. The molecule has 0 radical (unpaired) electrons. The Bertz CT molecular complexity index is 559. The van der Waals surface area contributed by atoms with E-state index in [9.17, 15) is 5.11 Å². The number of hydrogen-bond donors (Lipinski definition) is 2. The lowest BCUT2D eigenvalue weighted by atomic mass is 9.75. The normalized spacial score (nSPS) is 22.9. The Hall–Kier alpha value is -1.80. The summed E-state index contributed by atoms with van der Waals surface area (Å²) < 4.78 is 0. The third kappa shape index (κ3) is 2.70. The van der Waals surface area contributed by atoms with Gasteiger partial charge in [-0.3, -0.25) is 0 Å². The highest BCUT2D eigenvalue weighted by molar-refractivity contribution is 5.53. The fourth-order valence-corrected chi connectivity index (χ4v) is 2.95. The number of anilines is 1. The minimum absolute atomic E-state index is 0.427. The first-order valence-electron chi connectivity index (χ1n) is 7.32. The van der Waals surface area contributed by atoms with E-state index in [1.54, 1.807) is 0 Å². The van der Waals surface area contributed by atoms with Gasteiger partial charge in [0.2, 0.25) is 0 Å². The van der Waals surface area contributed by atoms with E-state index in [0.29, 0.717) is 12.0 Å². The molecule has 0 spiro atoms. The molecule has 0 heterocycles. The molecule has 1 aliphatic rings. The van der Waals surface area contributed by atoms with Crippen molar-refractivity contribution in [2.24, 2.45) is 0 Å². The predicted molar refractivity (Wildman–Crippen MR) is 82.9 cm³/mol. The maximum absolute atomic E-state index is 9.80. The Morgan fingerprint density at radius 3 is 2.35 bits per heavy atom. The first kappa shape index (κ1) is 13.2. The standard InChI is InChI=1S/C18H21NO/c1-13(20)17-9-5-6-10-18(17)19-16-11-15(12-16)14-7-3-2-4-8-14/h2-10,13,15-16,19-20H,11-12H2,1H3. The van der Waals surface area contributed by atoms with Gasteiger partial charge in [0.05, 0.1) is 6.10 Å². The van der Waals surface area contributed by atoms with Crippen molar-refractivity contribution in [1.82, 2.24) is 0 Å². The van der Waals surface area contributed by atoms with Crippen molar-refractivity contribution in [3.63, 3.8) is 0 Å². The zero-order chi connectivity index (χ0) is 13.9. The molecule has 1 aliphatic carbocycles. The smallest absolute Gasteiger partial charge is 0.0781 e. The van der Waals surface area contributed by atoms with Gasteiger partial charge in [0, 0.05) is 17.3 Å². The van der Waals surface area contributed by atoms with Crippen molar-refractivity contribution in [1.29, 1.82) is 0 Å². The molecule has 1 saturated carbocycles. The molecule has 104 valence electrons. The van der Waals surface area contributed by atoms with Crippen LogP contribution in [0.5, 0.6) is 0 Å². The first-order valence-corrected chi connectivity index (χ1v) is 7.32. The van der Waals surface area contributed by atoms with E-state index in [-0.39, 0.29) is 0 Å². The molecular formula is C18H21NO. The minimum Gasteiger partial charge on any atom is -0.389 e. The lowest BCUT2D eigenvalue weighted by Gasteiger charge is -2.37. The molecule has 3 rings (SSSR count). The van der Waals surface area contributed by atoms with Crippen LogP contribution in [-0.4, -0.2) is 11.1 Å². The van der Waals surface area contributed by atoms with Crippen LogP contribution in [0.2, 0.25) is 0 Å². The van der Waals surface area contributed by atoms with Crippen LogP contribution in [0.1, 0.15) is 42.9 Å². The fraction of sp³-hybridized carbons (Fsp3) is 0.333. The van der Waals surface area contributed by atoms with Crippen molar-refractivity contribution in [3.05, 3.63) is 65.7 Å². The van der Waals surface area contributed by atoms with Gasteiger partial charge < -0.3 is 10.4 Å². The predicted octanol–water partition coefficient (Wildman–Crippen LogP) is 4.10. The summed E-state index contributed by atoms with van der Waals surface area (Å²) in [4.78, 5) is 0. The van der Waals surface area contributed by atoms with Gasteiger partial charge in [0.25, 0.3) is 0 Å². The number of aliphatic hydroxyl groups is 1. The molecule has 2 aromatic rings. The molecule has 0 bridgehead atoms. The average molecular weight is 267 g/mol. The molecule has 20 heavy (non-hydrogen) atoms. The van der Waals surface area contributed by atoms with Crippen LogP contribution in [0.3, 0.4) is 0 Å². The van der Waals surface area contributed by atoms with E-state index in [4.69, 9.17) is 0 Å². The second-order valence-electron chi connectivity index (χ2n) is 5.68. The zero-order valence-electron chi connectivity index (χ0n) is 11.8. The van der Waals surface area contributed by atoms with E-state index < -0.39 is 6.10 Å². The summed E-state index contributed by atoms with van der Waals surface area (Å²) in [5, 5.41) is 13.4. The summed E-state index contributed by atoms with van der Waals surface area (Å²) in [6.07, 6.45) is 1.90. The quantitative estimate of drug-likeness (QED) is 0.874. The number of para-hydroxylation sites is 1. The van der Waals surface area contributed by atoms with Gasteiger partial charge in [-0.2, -0.15) is 0 Å². The van der Waals surface area contributed by atoms with E-state index in [0.717, 1.165) is 24.1 Å². The van der Waals surface area contributed by atoms with E-state index in [1.807, 2.05) is 25.1 Å². The Morgan fingerprint density at radius 1 is 1.00 bits per heavy atom. The molecule has 2 nitrogen and oxygen atoms in total. The highest BCUT2D eigenvalue weighted by atomic mass is 16.3. The first-order chi connectivity index (χ1) is 9.74. The Labute approximate surface area is 120 Å². The molecule has 2 aromatic carbocycles. The molecule has 1 unspecified atom stereocenters. The molecule has 2 heteroatoms. The van der Waals surface area contributed by atoms with Gasteiger partial charge in [-0.05, 0) is 37.3 Å². The molecule has 0 amide bonds. The molecule has 1 atom stereocenters. The highest BCUT2D eigenvalue weighted by Gasteiger charge is 2.30. The van der Waals surface area contributed by atoms with Crippen molar-refractivity contribution in [2.75, 3.05) is 5.32 Å². The molecule has 1 fully saturated rings. The summed E-state index contributed by atoms with van der Waals surface area (Å²) in [7, 11) is 0. The Balaban J connectivity index is 1.62. The average Bonchev–Trinajstić information content (AvgIpc) is 2.43. The van der Waals surface area contributed by atoms with Crippen LogP contribution in [0.15, 0.2) is 54.6 Å². The molecule has 0 saturated heterocycles. The van der Waals surface area contributed by atoms with Gasteiger partial charge in [-0.15, -0.1) is 0 Å². The largest absolute Gasteiger partial charge is 0.389 e. The Kier molecular flexibility index (Phi) is 3.75. The third-order valence-electron chi connectivity index (χ3n) is 4.18. The van der Waals surface area contributed by atoms with Crippen LogP contribution >= 0.6 is 0 Å².